The third kappa shape index (κ3) is 3.48. The van der Waals surface area contributed by atoms with Gasteiger partial charge < -0.3 is 15.2 Å². The summed E-state index contributed by atoms with van der Waals surface area (Å²) in [6.45, 7) is 1.88. The van der Waals surface area contributed by atoms with Crippen LogP contribution >= 0.6 is 0 Å². The van der Waals surface area contributed by atoms with Gasteiger partial charge in [-0.05, 0) is 24.1 Å². The minimum atomic E-state index is -1.05. The maximum absolute atomic E-state index is 10.9. The molecule has 0 bridgehead atoms. The number of nitrogens with one attached hydrogen (secondary N) is 1. The van der Waals surface area contributed by atoms with Crippen LogP contribution < -0.4 is 10.1 Å². The molecule has 0 fully saturated rings. The number of carbonyl (C=O) groups is 2. The molecule has 1 aromatic carbocycles. The van der Waals surface area contributed by atoms with E-state index >= 15 is 0 Å². The van der Waals surface area contributed by atoms with E-state index in [1.807, 2.05) is 13.0 Å². The maximum Gasteiger partial charge on any atom is 0.326 e. The van der Waals surface area contributed by atoms with Crippen LogP contribution in [-0.2, 0) is 16.0 Å². The highest BCUT2D eigenvalue weighted by molar-refractivity contribution is 5.76. The summed E-state index contributed by atoms with van der Waals surface area (Å²) in [4.78, 5) is 21.1. The fourth-order valence-electron chi connectivity index (χ4n) is 1.60. The van der Waals surface area contributed by atoms with Crippen molar-refractivity contribution < 1.29 is 19.4 Å². The van der Waals surface area contributed by atoms with E-state index in [4.69, 9.17) is 9.84 Å². The molecule has 5 nitrogen and oxygen atoms in total. The number of aryl methyl sites for hydroxylation is 1. The van der Waals surface area contributed by atoms with Crippen LogP contribution in [-0.4, -0.2) is 30.6 Å². The Bertz CT molecular complexity index is 417. The van der Waals surface area contributed by atoms with Crippen molar-refractivity contribution in [1.82, 2.24) is 5.32 Å². The number of hydrogen-bond acceptors (Lipinski definition) is 3. The Kier molecular flexibility index (Phi) is 4.51. The van der Waals surface area contributed by atoms with Crippen molar-refractivity contribution in [2.45, 2.75) is 19.4 Å². The number of carbonyl (C=O) groups excluding carboxylic acids is 1. The lowest BCUT2D eigenvalue weighted by atomic mass is 10.0. The summed E-state index contributed by atoms with van der Waals surface area (Å²) in [6, 6.07) is 4.51. The summed E-state index contributed by atoms with van der Waals surface area (Å²) in [5.74, 6) is -0.297. The Morgan fingerprint density at radius 3 is 2.76 bits per heavy atom. The Morgan fingerprint density at radius 1 is 1.59 bits per heavy atom. The molecule has 1 atom stereocenters. The van der Waals surface area contributed by atoms with Crippen LogP contribution in [0.15, 0.2) is 18.2 Å². The average molecular weight is 237 g/mol. The molecule has 0 saturated heterocycles. The fraction of sp³-hybridized carbons (Fsp3) is 0.333. The van der Waals surface area contributed by atoms with Gasteiger partial charge in [0.05, 0.1) is 7.11 Å². The zero-order valence-corrected chi connectivity index (χ0v) is 9.77. The number of aliphatic carboxylic acids is 1. The summed E-state index contributed by atoms with van der Waals surface area (Å²) < 4.78 is 5.11. The predicted molar refractivity (Wildman–Crippen MR) is 62.1 cm³/mol. The van der Waals surface area contributed by atoms with E-state index in [1.165, 1.54) is 0 Å². The van der Waals surface area contributed by atoms with Crippen molar-refractivity contribution in [2.75, 3.05) is 7.11 Å². The first-order chi connectivity index (χ1) is 8.08. The van der Waals surface area contributed by atoms with E-state index in [0.29, 0.717) is 6.41 Å². The predicted octanol–water partition coefficient (Wildman–Crippen LogP) is 0.745. The van der Waals surface area contributed by atoms with Crippen LogP contribution in [0.3, 0.4) is 0 Å². The van der Waals surface area contributed by atoms with Crippen LogP contribution in [0.4, 0.5) is 0 Å². The monoisotopic (exact) mass is 237 g/mol. The smallest absolute Gasteiger partial charge is 0.326 e. The lowest BCUT2D eigenvalue weighted by Crippen LogP contribution is -2.37. The number of carboxylic acids is 1. The Balaban J connectivity index is 2.82. The molecule has 92 valence electrons. The largest absolute Gasteiger partial charge is 0.496 e. The third-order valence-corrected chi connectivity index (χ3v) is 2.47. The molecular formula is C12H15NO4. The molecule has 5 heteroatoms. The molecule has 0 saturated carbocycles. The molecule has 1 amide bonds. The molecule has 0 aliphatic heterocycles. The van der Waals surface area contributed by atoms with Gasteiger partial charge >= 0.3 is 5.97 Å². The minimum Gasteiger partial charge on any atom is -0.496 e. The second kappa shape index (κ2) is 5.89. The second-order valence-electron chi connectivity index (χ2n) is 3.68. The van der Waals surface area contributed by atoms with E-state index in [-0.39, 0.29) is 6.42 Å². The summed E-state index contributed by atoms with van der Waals surface area (Å²) >= 11 is 0. The summed E-state index contributed by atoms with van der Waals surface area (Å²) in [5.41, 5.74) is 1.77. The Hall–Kier alpha value is -2.04. The second-order valence-corrected chi connectivity index (χ2v) is 3.68. The molecule has 1 rings (SSSR count). The molecule has 0 aliphatic carbocycles. The summed E-state index contributed by atoms with van der Waals surface area (Å²) in [6.07, 6.45) is 0.647. The quantitative estimate of drug-likeness (QED) is 0.716. The van der Waals surface area contributed by atoms with Gasteiger partial charge in [0.25, 0.3) is 0 Å². The van der Waals surface area contributed by atoms with E-state index in [1.54, 1.807) is 19.2 Å². The molecule has 0 spiro atoms. The number of hydrogen-bond donors (Lipinski definition) is 2. The molecule has 0 aliphatic rings. The molecule has 17 heavy (non-hydrogen) atoms. The van der Waals surface area contributed by atoms with Crippen LogP contribution in [0, 0.1) is 6.92 Å². The van der Waals surface area contributed by atoms with Crippen LogP contribution in [0.5, 0.6) is 5.75 Å². The van der Waals surface area contributed by atoms with Gasteiger partial charge in [-0.15, -0.1) is 0 Å². The van der Waals surface area contributed by atoms with Gasteiger partial charge in [0.1, 0.15) is 11.8 Å². The van der Waals surface area contributed by atoms with Crippen molar-refractivity contribution in [2.24, 2.45) is 0 Å². The van der Waals surface area contributed by atoms with E-state index < -0.39 is 12.0 Å². The van der Waals surface area contributed by atoms with Crippen molar-refractivity contribution in [3.8, 4) is 5.75 Å². The average Bonchev–Trinajstić information content (AvgIpc) is 2.28. The van der Waals surface area contributed by atoms with E-state index in [2.05, 4.69) is 5.32 Å². The number of amides is 1. The molecule has 0 radical (unpaired) electrons. The van der Waals surface area contributed by atoms with Crippen LogP contribution in [0.25, 0.3) is 0 Å². The number of methoxy groups -OCH3 is 1. The molecule has 1 aromatic rings. The Labute approximate surface area is 99.4 Å². The SMILES string of the molecule is COc1ccc(CC(NC=O)C(=O)O)cc1C. The zero-order valence-electron chi connectivity index (χ0n) is 9.77. The van der Waals surface area contributed by atoms with Gasteiger partial charge in [0.15, 0.2) is 0 Å². The number of rotatable bonds is 6. The van der Waals surface area contributed by atoms with Gasteiger partial charge in [-0.3, -0.25) is 4.79 Å². The highest BCUT2D eigenvalue weighted by atomic mass is 16.5. The van der Waals surface area contributed by atoms with Gasteiger partial charge in [0.2, 0.25) is 6.41 Å². The highest BCUT2D eigenvalue weighted by Gasteiger charge is 2.16. The van der Waals surface area contributed by atoms with Gasteiger partial charge in [-0.1, -0.05) is 12.1 Å². The van der Waals surface area contributed by atoms with Crippen molar-refractivity contribution >= 4 is 12.4 Å². The van der Waals surface area contributed by atoms with E-state index in [9.17, 15) is 9.59 Å². The molecule has 0 aromatic heterocycles. The number of ether oxygens (including phenoxy) is 1. The molecule has 1 unspecified atom stereocenters. The topological polar surface area (TPSA) is 75.6 Å². The molecule has 2 N–H and O–H groups in total. The van der Waals surface area contributed by atoms with Crippen molar-refractivity contribution in [3.63, 3.8) is 0 Å². The first kappa shape index (κ1) is 13.0. The summed E-state index contributed by atoms with van der Waals surface area (Å²) in [5, 5.41) is 11.2. The Morgan fingerprint density at radius 2 is 2.29 bits per heavy atom. The lowest BCUT2D eigenvalue weighted by Gasteiger charge is -2.12. The van der Waals surface area contributed by atoms with Gasteiger partial charge in [-0.2, -0.15) is 0 Å². The van der Waals surface area contributed by atoms with Gasteiger partial charge in [0, 0.05) is 6.42 Å². The number of benzene rings is 1. The molecule has 0 heterocycles. The zero-order chi connectivity index (χ0) is 12.8. The van der Waals surface area contributed by atoms with Crippen molar-refractivity contribution in [1.29, 1.82) is 0 Å². The van der Waals surface area contributed by atoms with E-state index in [0.717, 1.165) is 16.9 Å². The summed E-state index contributed by atoms with van der Waals surface area (Å²) in [7, 11) is 1.58. The molecular weight excluding hydrogens is 222 g/mol. The normalized spacial score (nSPS) is 11.6. The standard InChI is InChI=1S/C12H15NO4/c1-8-5-9(3-4-11(8)17-2)6-10(12(15)16)13-7-14/h3-5,7,10H,6H2,1-2H3,(H,13,14)(H,15,16). The van der Waals surface area contributed by atoms with Crippen LogP contribution in [0.1, 0.15) is 11.1 Å². The van der Waals surface area contributed by atoms with Crippen molar-refractivity contribution in [3.05, 3.63) is 29.3 Å². The minimum absolute atomic E-state index is 0.249. The lowest BCUT2D eigenvalue weighted by molar-refractivity contribution is -0.140. The highest BCUT2D eigenvalue weighted by Crippen LogP contribution is 2.19. The van der Waals surface area contributed by atoms with Crippen LogP contribution in [0.2, 0.25) is 0 Å². The third-order valence-electron chi connectivity index (χ3n) is 2.47. The number of carboxylic acid groups (broad SMARTS) is 1. The first-order valence-electron chi connectivity index (χ1n) is 5.14. The fourth-order valence-corrected chi connectivity index (χ4v) is 1.60. The van der Waals surface area contributed by atoms with Gasteiger partial charge in [-0.25, -0.2) is 4.79 Å². The first-order valence-corrected chi connectivity index (χ1v) is 5.14. The maximum atomic E-state index is 10.9.